The van der Waals surface area contributed by atoms with Gasteiger partial charge in [0.05, 0.1) is 10.4 Å². The van der Waals surface area contributed by atoms with Crippen molar-refractivity contribution in [3.8, 4) is 0 Å². The Hall–Kier alpha value is -1.61. The van der Waals surface area contributed by atoms with Gasteiger partial charge in [-0.2, -0.15) is 28.1 Å². The van der Waals surface area contributed by atoms with Crippen LogP contribution in [-0.2, 0) is 6.18 Å². The van der Waals surface area contributed by atoms with Crippen molar-refractivity contribution in [2.75, 3.05) is 11.1 Å². The molecule has 2 heterocycles. The maximum atomic E-state index is 12.7. The third-order valence-electron chi connectivity index (χ3n) is 2.84. The summed E-state index contributed by atoms with van der Waals surface area (Å²) in [5, 5.41) is 2.85. The highest BCUT2D eigenvalue weighted by Gasteiger charge is 2.36. The number of aromatic nitrogens is 3. The smallest absolute Gasteiger partial charge is 0.368 e. The molecule has 10 heteroatoms. The topological polar surface area (TPSA) is 76.7 Å². The molecule has 0 saturated heterocycles. The molecule has 2 aromatic rings. The molecule has 0 aliphatic carbocycles. The zero-order valence-electron chi connectivity index (χ0n) is 11.7. The fraction of sp³-hybridized carbons (Fsp3) is 0.417. The standard InChI is InChI=1S/C12H13ClF3N5S/c1-3-6(7-4-5(2)8(13)22-7)18-11-20-9(12(14,15)16)19-10(17)21-11/h4,6H,3H2,1-2H3,(H3,17,18,19,20,21). The first-order chi connectivity index (χ1) is 10.2. The monoisotopic (exact) mass is 351 g/mol. The number of nitrogens with two attached hydrogens (primary N) is 1. The van der Waals surface area contributed by atoms with Crippen LogP contribution in [0.4, 0.5) is 25.1 Å². The summed E-state index contributed by atoms with van der Waals surface area (Å²) in [6, 6.07) is 1.61. The van der Waals surface area contributed by atoms with Crippen molar-refractivity contribution in [2.45, 2.75) is 32.5 Å². The van der Waals surface area contributed by atoms with Crippen molar-refractivity contribution in [3.05, 3.63) is 26.7 Å². The van der Waals surface area contributed by atoms with Crippen LogP contribution in [0, 0.1) is 6.92 Å². The lowest BCUT2D eigenvalue weighted by atomic mass is 10.2. The fourth-order valence-electron chi connectivity index (χ4n) is 1.77. The lowest BCUT2D eigenvalue weighted by Crippen LogP contribution is -2.18. The highest BCUT2D eigenvalue weighted by molar-refractivity contribution is 7.16. The molecule has 0 radical (unpaired) electrons. The second-order valence-electron chi connectivity index (χ2n) is 4.55. The number of halogens is 4. The Morgan fingerprint density at radius 2 is 2.05 bits per heavy atom. The predicted octanol–water partition coefficient (Wildman–Crippen LogP) is 4.06. The Bertz CT molecular complexity index is 654. The molecule has 1 unspecified atom stereocenters. The minimum atomic E-state index is -4.68. The van der Waals surface area contributed by atoms with E-state index in [0.29, 0.717) is 10.8 Å². The van der Waals surface area contributed by atoms with Gasteiger partial charge in [0.15, 0.2) is 0 Å². The van der Waals surface area contributed by atoms with Gasteiger partial charge in [0.2, 0.25) is 17.7 Å². The molecule has 0 aliphatic rings. The largest absolute Gasteiger partial charge is 0.451 e. The number of alkyl halides is 3. The molecular formula is C12H13ClF3N5S. The molecule has 0 saturated carbocycles. The summed E-state index contributed by atoms with van der Waals surface area (Å²) < 4.78 is 38.7. The van der Waals surface area contributed by atoms with Crippen LogP contribution in [0.1, 0.15) is 35.7 Å². The quantitative estimate of drug-likeness (QED) is 0.868. The van der Waals surface area contributed by atoms with Gasteiger partial charge in [-0.3, -0.25) is 0 Å². The highest BCUT2D eigenvalue weighted by atomic mass is 35.5. The van der Waals surface area contributed by atoms with Gasteiger partial charge in [-0.15, -0.1) is 11.3 Å². The van der Waals surface area contributed by atoms with Gasteiger partial charge in [0.25, 0.3) is 0 Å². The van der Waals surface area contributed by atoms with Crippen LogP contribution >= 0.6 is 22.9 Å². The van der Waals surface area contributed by atoms with Crippen molar-refractivity contribution >= 4 is 34.8 Å². The molecule has 2 aromatic heterocycles. The first kappa shape index (κ1) is 16.8. The van der Waals surface area contributed by atoms with Gasteiger partial charge in [0.1, 0.15) is 0 Å². The lowest BCUT2D eigenvalue weighted by molar-refractivity contribution is -0.144. The molecule has 0 aromatic carbocycles. The van der Waals surface area contributed by atoms with E-state index in [-0.39, 0.29) is 12.0 Å². The predicted molar refractivity (Wildman–Crippen MR) is 80.0 cm³/mol. The van der Waals surface area contributed by atoms with Crippen LogP contribution in [-0.4, -0.2) is 15.0 Å². The van der Waals surface area contributed by atoms with Crippen LogP contribution < -0.4 is 11.1 Å². The van der Waals surface area contributed by atoms with Gasteiger partial charge in [0, 0.05) is 4.88 Å². The van der Waals surface area contributed by atoms with E-state index in [4.69, 9.17) is 17.3 Å². The van der Waals surface area contributed by atoms with Crippen LogP contribution in [0.25, 0.3) is 0 Å². The molecule has 0 bridgehead atoms. The Morgan fingerprint density at radius 3 is 2.55 bits per heavy atom. The summed E-state index contributed by atoms with van der Waals surface area (Å²) in [4.78, 5) is 11.1. The van der Waals surface area contributed by atoms with Crippen LogP contribution in [0.15, 0.2) is 6.07 Å². The van der Waals surface area contributed by atoms with E-state index < -0.39 is 17.9 Å². The van der Waals surface area contributed by atoms with Crippen molar-refractivity contribution in [3.63, 3.8) is 0 Å². The number of anilines is 2. The van der Waals surface area contributed by atoms with E-state index in [1.54, 1.807) is 0 Å². The summed E-state index contributed by atoms with van der Waals surface area (Å²) in [5.74, 6) is -2.02. The lowest BCUT2D eigenvalue weighted by Gasteiger charge is -2.16. The van der Waals surface area contributed by atoms with Crippen LogP contribution in [0.3, 0.4) is 0 Å². The third kappa shape index (κ3) is 3.77. The maximum absolute atomic E-state index is 12.7. The summed E-state index contributed by atoms with van der Waals surface area (Å²) >= 11 is 7.38. The molecule has 0 fully saturated rings. The van der Waals surface area contributed by atoms with Gasteiger partial charge < -0.3 is 11.1 Å². The van der Waals surface area contributed by atoms with Crippen molar-refractivity contribution < 1.29 is 13.2 Å². The minimum Gasteiger partial charge on any atom is -0.368 e. The van der Waals surface area contributed by atoms with E-state index in [9.17, 15) is 13.2 Å². The van der Waals surface area contributed by atoms with Gasteiger partial charge in [-0.25, -0.2) is 0 Å². The number of nitrogens with zero attached hydrogens (tertiary/aromatic N) is 3. The minimum absolute atomic E-state index is 0.214. The summed E-state index contributed by atoms with van der Waals surface area (Å²) in [6.45, 7) is 3.74. The van der Waals surface area contributed by atoms with Crippen molar-refractivity contribution in [2.24, 2.45) is 0 Å². The SMILES string of the molecule is CCC(Nc1nc(N)nc(C(F)(F)F)n1)c1cc(C)c(Cl)s1. The highest BCUT2D eigenvalue weighted by Crippen LogP contribution is 2.34. The van der Waals surface area contributed by atoms with E-state index in [0.717, 1.165) is 10.4 Å². The van der Waals surface area contributed by atoms with E-state index >= 15 is 0 Å². The maximum Gasteiger partial charge on any atom is 0.451 e. The second-order valence-corrected chi connectivity index (χ2v) is 6.24. The van der Waals surface area contributed by atoms with Crippen LogP contribution in [0.2, 0.25) is 4.34 Å². The number of nitrogens with one attached hydrogen (secondary N) is 1. The molecule has 1 atom stereocenters. The summed E-state index contributed by atoms with van der Waals surface area (Å²) in [7, 11) is 0. The van der Waals surface area contributed by atoms with E-state index in [2.05, 4.69) is 20.3 Å². The van der Waals surface area contributed by atoms with Crippen molar-refractivity contribution in [1.29, 1.82) is 0 Å². The normalized spacial score (nSPS) is 13.2. The number of rotatable bonds is 4. The Labute approximate surface area is 133 Å². The molecule has 3 N–H and O–H groups in total. The average Bonchev–Trinajstić information content (AvgIpc) is 2.74. The zero-order chi connectivity index (χ0) is 16.5. The first-order valence-electron chi connectivity index (χ1n) is 6.31. The molecule has 0 aliphatic heterocycles. The van der Waals surface area contributed by atoms with E-state index in [1.165, 1.54) is 11.3 Å². The van der Waals surface area contributed by atoms with Gasteiger partial charge in [-0.1, -0.05) is 18.5 Å². The molecule has 2 rings (SSSR count). The molecule has 0 amide bonds. The molecule has 0 spiro atoms. The molecule has 5 nitrogen and oxygen atoms in total. The van der Waals surface area contributed by atoms with Crippen LogP contribution in [0.5, 0.6) is 0 Å². The Kier molecular flexibility index (Phi) is 4.76. The number of hydrogen-bond acceptors (Lipinski definition) is 6. The summed E-state index contributed by atoms with van der Waals surface area (Å²) in [5.41, 5.74) is 6.23. The fourth-order valence-corrected chi connectivity index (χ4v) is 3.12. The van der Waals surface area contributed by atoms with Gasteiger partial charge >= 0.3 is 6.18 Å². The van der Waals surface area contributed by atoms with Crippen molar-refractivity contribution in [1.82, 2.24) is 15.0 Å². The molecule has 22 heavy (non-hydrogen) atoms. The average molecular weight is 352 g/mol. The number of thiophene rings is 1. The van der Waals surface area contributed by atoms with Gasteiger partial charge in [-0.05, 0) is 25.0 Å². The Balaban J connectivity index is 2.30. The molecular weight excluding hydrogens is 339 g/mol. The summed E-state index contributed by atoms with van der Waals surface area (Å²) in [6.07, 6.45) is -4.07. The number of hydrogen-bond donors (Lipinski definition) is 2. The Morgan fingerprint density at radius 1 is 1.36 bits per heavy atom. The first-order valence-corrected chi connectivity index (χ1v) is 7.51. The zero-order valence-corrected chi connectivity index (χ0v) is 13.3. The number of nitrogen functional groups attached to an aromatic ring is 1. The second kappa shape index (κ2) is 6.25. The number of aryl methyl sites for hydroxylation is 1. The molecule has 120 valence electrons. The van der Waals surface area contributed by atoms with E-state index in [1.807, 2.05) is 19.9 Å². The third-order valence-corrected chi connectivity index (χ3v) is 4.51.